The summed E-state index contributed by atoms with van der Waals surface area (Å²) in [6.07, 6.45) is 1.73. The summed E-state index contributed by atoms with van der Waals surface area (Å²) in [4.78, 5) is 41.0. The molecule has 1 amide bonds. The van der Waals surface area contributed by atoms with Crippen LogP contribution in [-0.4, -0.2) is 22.5 Å². The van der Waals surface area contributed by atoms with E-state index in [1.165, 1.54) is 6.20 Å². The van der Waals surface area contributed by atoms with Gasteiger partial charge in [0, 0.05) is 11.8 Å². The zero-order valence-corrected chi connectivity index (χ0v) is 22.0. The molecule has 1 aromatic heterocycles. The van der Waals surface area contributed by atoms with E-state index < -0.39 is 29.0 Å². The molecule has 196 valence electrons. The van der Waals surface area contributed by atoms with Crippen LogP contribution in [0.5, 0.6) is 0 Å². The van der Waals surface area contributed by atoms with Crippen molar-refractivity contribution in [3.8, 4) is 28.3 Å². The van der Waals surface area contributed by atoms with Crippen LogP contribution in [0.4, 0.5) is 0 Å². The second-order valence-corrected chi connectivity index (χ2v) is 10.2. The molecule has 0 saturated heterocycles. The minimum atomic E-state index is -0.888. The average Bonchev–Trinajstić information content (AvgIpc) is 2.91. The van der Waals surface area contributed by atoms with Crippen LogP contribution in [0.3, 0.4) is 0 Å². The number of hydrogen-bond acceptors (Lipinski definition) is 5. The number of nitriles is 1. The van der Waals surface area contributed by atoms with Crippen LogP contribution in [-0.2, 0) is 16.0 Å². The number of rotatable bonds is 7. The van der Waals surface area contributed by atoms with E-state index in [-0.39, 0.29) is 12.0 Å². The SMILES string of the molecule is CC(C)(C)OC(=O)c1ccccc1-c1ccc(CC(C(N)=O)c2c(-c3ccc(C#N)cc3)cc[nH]c2=O)cc1. The minimum Gasteiger partial charge on any atom is -0.456 e. The lowest BCUT2D eigenvalue weighted by Crippen LogP contribution is -2.29. The van der Waals surface area contributed by atoms with Gasteiger partial charge in [-0.2, -0.15) is 5.26 Å². The maximum atomic E-state index is 13.0. The number of pyridine rings is 1. The van der Waals surface area contributed by atoms with Crippen molar-refractivity contribution in [2.45, 2.75) is 38.7 Å². The monoisotopic (exact) mass is 519 g/mol. The van der Waals surface area contributed by atoms with Crippen LogP contribution in [0.1, 0.15) is 53.7 Å². The van der Waals surface area contributed by atoms with Gasteiger partial charge in [-0.3, -0.25) is 9.59 Å². The number of aromatic amines is 1. The Bertz CT molecular complexity index is 1610. The van der Waals surface area contributed by atoms with E-state index >= 15 is 0 Å². The molecular formula is C32H29N3O4. The predicted molar refractivity (Wildman–Crippen MR) is 150 cm³/mol. The van der Waals surface area contributed by atoms with E-state index in [9.17, 15) is 14.4 Å². The molecule has 1 heterocycles. The first-order valence-electron chi connectivity index (χ1n) is 12.5. The quantitative estimate of drug-likeness (QED) is 0.319. The van der Waals surface area contributed by atoms with E-state index in [4.69, 9.17) is 15.7 Å². The number of amides is 1. The fourth-order valence-electron chi connectivity index (χ4n) is 4.46. The Kier molecular flexibility index (Phi) is 7.78. The smallest absolute Gasteiger partial charge is 0.339 e. The molecule has 4 aromatic rings. The number of H-pyrrole nitrogens is 1. The predicted octanol–water partition coefficient (Wildman–Crippen LogP) is 5.35. The summed E-state index contributed by atoms with van der Waals surface area (Å²) < 4.78 is 5.57. The molecule has 0 fully saturated rings. The molecule has 0 aliphatic heterocycles. The summed E-state index contributed by atoms with van der Waals surface area (Å²) in [6, 6.07) is 25.3. The summed E-state index contributed by atoms with van der Waals surface area (Å²) in [5, 5.41) is 9.11. The van der Waals surface area contributed by atoms with Gasteiger partial charge in [0.15, 0.2) is 0 Å². The fourth-order valence-corrected chi connectivity index (χ4v) is 4.46. The Morgan fingerprint density at radius 3 is 2.15 bits per heavy atom. The van der Waals surface area contributed by atoms with E-state index in [0.717, 1.165) is 16.7 Å². The molecule has 0 aliphatic rings. The van der Waals surface area contributed by atoms with Gasteiger partial charge in [-0.15, -0.1) is 0 Å². The third-order valence-corrected chi connectivity index (χ3v) is 6.27. The first-order valence-corrected chi connectivity index (χ1v) is 12.5. The minimum absolute atomic E-state index is 0.208. The number of esters is 1. The number of nitrogens with zero attached hydrogens (tertiary/aromatic N) is 1. The van der Waals surface area contributed by atoms with Crippen molar-refractivity contribution in [2.24, 2.45) is 5.73 Å². The van der Waals surface area contributed by atoms with E-state index in [1.54, 1.807) is 42.5 Å². The third kappa shape index (κ3) is 6.31. The van der Waals surface area contributed by atoms with Gasteiger partial charge < -0.3 is 15.5 Å². The van der Waals surface area contributed by atoms with Crippen LogP contribution in [0.15, 0.2) is 89.9 Å². The van der Waals surface area contributed by atoms with Crippen molar-refractivity contribution >= 4 is 11.9 Å². The van der Waals surface area contributed by atoms with Crippen molar-refractivity contribution in [2.75, 3.05) is 0 Å². The molecule has 3 N–H and O–H groups in total. The topological polar surface area (TPSA) is 126 Å². The van der Waals surface area contributed by atoms with Crippen LogP contribution in [0.25, 0.3) is 22.3 Å². The van der Waals surface area contributed by atoms with Crippen molar-refractivity contribution in [1.82, 2.24) is 4.98 Å². The Labute approximate surface area is 226 Å². The number of ether oxygens (including phenoxy) is 1. The molecule has 1 atom stereocenters. The molecule has 0 bridgehead atoms. The first-order chi connectivity index (χ1) is 18.6. The number of primary amides is 1. The summed E-state index contributed by atoms with van der Waals surface area (Å²) >= 11 is 0. The van der Waals surface area contributed by atoms with E-state index in [0.29, 0.717) is 22.3 Å². The molecule has 1 unspecified atom stereocenters. The number of aromatic nitrogens is 1. The van der Waals surface area contributed by atoms with Crippen LogP contribution < -0.4 is 11.3 Å². The molecule has 0 aliphatic carbocycles. The van der Waals surface area contributed by atoms with Gasteiger partial charge >= 0.3 is 5.97 Å². The number of carbonyl (C=O) groups is 2. The Morgan fingerprint density at radius 1 is 0.923 bits per heavy atom. The summed E-state index contributed by atoms with van der Waals surface area (Å²) in [7, 11) is 0. The maximum Gasteiger partial charge on any atom is 0.339 e. The van der Waals surface area contributed by atoms with Crippen LogP contribution >= 0.6 is 0 Å². The van der Waals surface area contributed by atoms with Crippen molar-refractivity contribution < 1.29 is 14.3 Å². The molecule has 7 heteroatoms. The zero-order chi connectivity index (χ0) is 28.2. The molecule has 0 spiro atoms. The summed E-state index contributed by atoms with van der Waals surface area (Å²) in [6.45, 7) is 5.46. The number of carbonyl (C=O) groups excluding carboxylic acids is 2. The highest BCUT2D eigenvalue weighted by molar-refractivity contribution is 5.97. The van der Waals surface area contributed by atoms with Crippen molar-refractivity contribution in [1.29, 1.82) is 5.26 Å². The largest absolute Gasteiger partial charge is 0.456 e. The molecule has 7 nitrogen and oxygen atoms in total. The van der Waals surface area contributed by atoms with Crippen molar-refractivity contribution in [3.05, 3.63) is 118 Å². The number of hydrogen-bond donors (Lipinski definition) is 2. The fraction of sp³-hybridized carbons (Fsp3) is 0.188. The Hall–Kier alpha value is -4.96. The van der Waals surface area contributed by atoms with Gasteiger partial charge in [0.25, 0.3) is 5.56 Å². The van der Waals surface area contributed by atoms with Crippen LogP contribution in [0.2, 0.25) is 0 Å². The van der Waals surface area contributed by atoms with Crippen molar-refractivity contribution in [3.63, 3.8) is 0 Å². The number of benzene rings is 3. The number of nitrogens with one attached hydrogen (secondary N) is 1. The lowest BCUT2D eigenvalue weighted by atomic mass is 9.86. The zero-order valence-electron chi connectivity index (χ0n) is 22.0. The maximum absolute atomic E-state index is 13.0. The second kappa shape index (κ2) is 11.2. The highest BCUT2D eigenvalue weighted by Crippen LogP contribution is 2.31. The third-order valence-electron chi connectivity index (χ3n) is 6.27. The number of nitrogens with two attached hydrogens (primary N) is 1. The van der Waals surface area contributed by atoms with Gasteiger partial charge in [0.05, 0.1) is 23.1 Å². The lowest BCUT2D eigenvalue weighted by molar-refractivity contribution is -0.119. The molecule has 4 rings (SSSR count). The highest BCUT2D eigenvalue weighted by atomic mass is 16.6. The second-order valence-electron chi connectivity index (χ2n) is 10.2. The normalized spacial score (nSPS) is 11.8. The van der Waals surface area contributed by atoms with E-state index in [2.05, 4.69) is 11.1 Å². The summed E-state index contributed by atoms with van der Waals surface area (Å²) in [5.74, 6) is -1.92. The Morgan fingerprint density at radius 2 is 1.54 bits per heavy atom. The van der Waals surface area contributed by atoms with Gasteiger partial charge in [-0.25, -0.2) is 4.79 Å². The van der Waals surface area contributed by atoms with Gasteiger partial charge in [0.2, 0.25) is 5.91 Å². The first kappa shape index (κ1) is 27.1. The van der Waals surface area contributed by atoms with Gasteiger partial charge in [0.1, 0.15) is 5.60 Å². The lowest BCUT2D eigenvalue weighted by Gasteiger charge is -2.20. The van der Waals surface area contributed by atoms with Gasteiger partial charge in [-0.1, -0.05) is 54.6 Å². The Balaban J connectivity index is 1.66. The molecule has 39 heavy (non-hydrogen) atoms. The standard InChI is InChI=1S/C32H29N3O4/c1-32(2,3)39-31(38)26-7-5-4-6-24(26)22-12-8-20(9-13-22)18-27(29(34)36)28-25(16-17-35-30(28)37)23-14-10-21(19-33)11-15-23/h4-17,27H,18H2,1-3H3,(H2,34,36)(H,35,37). The molecule has 3 aromatic carbocycles. The molecule has 0 radical (unpaired) electrons. The average molecular weight is 520 g/mol. The highest BCUT2D eigenvalue weighted by Gasteiger charge is 2.26. The molecule has 0 saturated carbocycles. The molecular weight excluding hydrogens is 490 g/mol. The summed E-state index contributed by atoms with van der Waals surface area (Å²) in [5.41, 5.74) is 9.64. The van der Waals surface area contributed by atoms with Gasteiger partial charge in [-0.05, 0) is 79.3 Å². The van der Waals surface area contributed by atoms with E-state index in [1.807, 2.05) is 57.2 Å². The van der Waals surface area contributed by atoms with Crippen LogP contribution in [0, 0.1) is 11.3 Å².